The van der Waals surface area contributed by atoms with Crippen LogP contribution in [0.2, 0.25) is 0 Å². The summed E-state index contributed by atoms with van der Waals surface area (Å²) in [7, 11) is 0. The highest BCUT2D eigenvalue weighted by molar-refractivity contribution is 9.10. The third-order valence-electron chi connectivity index (χ3n) is 3.21. The zero-order valence-corrected chi connectivity index (χ0v) is 12.9. The van der Waals surface area contributed by atoms with Crippen LogP contribution in [0.4, 0.5) is 5.95 Å². The molecule has 0 radical (unpaired) electrons. The van der Waals surface area contributed by atoms with Crippen molar-refractivity contribution in [1.82, 2.24) is 15.3 Å². The third kappa shape index (κ3) is 3.89. The predicted molar refractivity (Wildman–Crippen MR) is 78.4 cm³/mol. The quantitative estimate of drug-likeness (QED) is 0.859. The van der Waals surface area contributed by atoms with Crippen LogP contribution in [-0.4, -0.2) is 39.3 Å². The average molecular weight is 327 g/mol. The minimum Gasteiger partial charge on any atom is -0.352 e. The number of anilines is 1. The fraction of sp³-hybridized carbons (Fsp3) is 0.615. The minimum atomic E-state index is -0.507. The van der Waals surface area contributed by atoms with E-state index < -0.39 is 4.32 Å². The number of rotatable bonds is 3. The Morgan fingerprint density at radius 1 is 1.37 bits per heavy atom. The number of aromatic nitrogens is 2. The molecule has 0 aromatic carbocycles. The number of halogens is 1. The Morgan fingerprint density at radius 2 is 1.95 bits per heavy atom. The Balaban J connectivity index is 1.85. The van der Waals surface area contributed by atoms with Crippen LogP contribution >= 0.6 is 15.9 Å². The van der Waals surface area contributed by atoms with E-state index in [0.717, 1.165) is 31.9 Å². The van der Waals surface area contributed by atoms with Crippen molar-refractivity contribution in [2.24, 2.45) is 0 Å². The van der Waals surface area contributed by atoms with Gasteiger partial charge in [-0.3, -0.25) is 4.79 Å². The first kappa shape index (κ1) is 14.2. The van der Waals surface area contributed by atoms with Gasteiger partial charge in [0.15, 0.2) is 0 Å². The number of nitrogens with zero attached hydrogens (tertiary/aromatic N) is 3. The van der Waals surface area contributed by atoms with E-state index in [-0.39, 0.29) is 11.9 Å². The van der Waals surface area contributed by atoms with Crippen molar-refractivity contribution in [3.63, 3.8) is 0 Å². The molecule has 5 nitrogen and oxygen atoms in total. The number of hydrogen-bond acceptors (Lipinski definition) is 4. The molecule has 1 N–H and O–H groups in total. The SMILES string of the molecule is CC(C)(Br)C(=O)NC1CCN(c2ncccn2)CC1. The van der Waals surface area contributed by atoms with Crippen LogP contribution in [0.3, 0.4) is 0 Å². The minimum absolute atomic E-state index is 0.0434. The molecule has 2 rings (SSSR count). The van der Waals surface area contributed by atoms with Crippen molar-refractivity contribution in [2.75, 3.05) is 18.0 Å². The molecule has 1 aliphatic rings. The van der Waals surface area contributed by atoms with Gasteiger partial charge in [0.2, 0.25) is 11.9 Å². The zero-order valence-electron chi connectivity index (χ0n) is 11.3. The third-order valence-corrected chi connectivity index (χ3v) is 3.57. The maximum atomic E-state index is 11.9. The molecular formula is C13H19BrN4O. The van der Waals surface area contributed by atoms with Crippen LogP contribution in [-0.2, 0) is 4.79 Å². The number of piperidine rings is 1. The fourth-order valence-corrected chi connectivity index (χ4v) is 2.15. The molecule has 1 aromatic rings. The van der Waals surface area contributed by atoms with Crippen molar-refractivity contribution in [3.8, 4) is 0 Å². The second kappa shape index (κ2) is 5.86. The monoisotopic (exact) mass is 326 g/mol. The molecule has 0 atom stereocenters. The van der Waals surface area contributed by atoms with Gasteiger partial charge in [0.1, 0.15) is 0 Å². The molecule has 0 aliphatic carbocycles. The highest BCUT2D eigenvalue weighted by Gasteiger charge is 2.28. The van der Waals surface area contributed by atoms with E-state index in [1.54, 1.807) is 12.4 Å². The van der Waals surface area contributed by atoms with Crippen LogP contribution < -0.4 is 10.2 Å². The molecule has 6 heteroatoms. The Hall–Kier alpha value is -1.17. The molecule has 0 saturated carbocycles. The van der Waals surface area contributed by atoms with Gasteiger partial charge in [0, 0.05) is 31.5 Å². The maximum absolute atomic E-state index is 11.9. The molecule has 0 unspecified atom stereocenters. The number of amides is 1. The molecule has 1 aromatic heterocycles. The highest BCUT2D eigenvalue weighted by atomic mass is 79.9. The van der Waals surface area contributed by atoms with Crippen LogP contribution in [0.15, 0.2) is 18.5 Å². The lowest BCUT2D eigenvalue weighted by molar-refractivity contribution is -0.123. The number of hydrogen-bond donors (Lipinski definition) is 1. The number of carbonyl (C=O) groups excluding carboxylic acids is 1. The van der Waals surface area contributed by atoms with Crippen molar-refractivity contribution in [1.29, 1.82) is 0 Å². The van der Waals surface area contributed by atoms with Gasteiger partial charge in [-0.25, -0.2) is 9.97 Å². The smallest absolute Gasteiger partial charge is 0.236 e. The summed E-state index contributed by atoms with van der Waals surface area (Å²) in [4.78, 5) is 22.5. The Kier molecular flexibility index (Phi) is 4.39. The summed E-state index contributed by atoms with van der Waals surface area (Å²) in [6.45, 7) is 5.46. The molecule has 19 heavy (non-hydrogen) atoms. The highest BCUT2D eigenvalue weighted by Crippen LogP contribution is 2.19. The molecule has 1 amide bonds. The summed E-state index contributed by atoms with van der Waals surface area (Å²) in [6, 6.07) is 2.05. The Morgan fingerprint density at radius 3 is 2.47 bits per heavy atom. The summed E-state index contributed by atoms with van der Waals surface area (Å²) in [5.74, 6) is 0.815. The first-order valence-electron chi connectivity index (χ1n) is 6.48. The van der Waals surface area contributed by atoms with Gasteiger partial charge in [-0.2, -0.15) is 0 Å². The summed E-state index contributed by atoms with van der Waals surface area (Å²) in [6.07, 6.45) is 5.35. The molecule has 1 fully saturated rings. The van der Waals surface area contributed by atoms with E-state index in [9.17, 15) is 4.79 Å². The van der Waals surface area contributed by atoms with Gasteiger partial charge >= 0.3 is 0 Å². The molecule has 0 spiro atoms. The summed E-state index contributed by atoms with van der Waals surface area (Å²) in [5.41, 5.74) is 0. The van der Waals surface area contributed by atoms with E-state index in [0.29, 0.717) is 0 Å². The van der Waals surface area contributed by atoms with E-state index in [4.69, 9.17) is 0 Å². The van der Waals surface area contributed by atoms with Gasteiger partial charge in [-0.15, -0.1) is 0 Å². The first-order valence-corrected chi connectivity index (χ1v) is 7.28. The number of nitrogens with one attached hydrogen (secondary N) is 1. The van der Waals surface area contributed by atoms with Crippen LogP contribution in [0.5, 0.6) is 0 Å². The lowest BCUT2D eigenvalue weighted by atomic mass is 10.0. The zero-order chi connectivity index (χ0) is 13.9. The van der Waals surface area contributed by atoms with Crippen molar-refractivity contribution in [2.45, 2.75) is 37.1 Å². The topological polar surface area (TPSA) is 58.1 Å². The van der Waals surface area contributed by atoms with E-state index in [1.807, 2.05) is 19.9 Å². The van der Waals surface area contributed by atoms with Crippen LogP contribution in [0, 0.1) is 0 Å². The van der Waals surface area contributed by atoms with Gasteiger partial charge in [-0.1, -0.05) is 15.9 Å². The first-order chi connectivity index (χ1) is 8.97. The van der Waals surface area contributed by atoms with E-state index in [2.05, 4.69) is 36.1 Å². The second-order valence-corrected chi connectivity index (χ2v) is 7.24. The number of alkyl halides is 1. The van der Waals surface area contributed by atoms with Gasteiger partial charge in [0.05, 0.1) is 4.32 Å². The average Bonchev–Trinajstić information content (AvgIpc) is 2.39. The van der Waals surface area contributed by atoms with Crippen molar-refractivity contribution >= 4 is 27.8 Å². The lowest BCUT2D eigenvalue weighted by Crippen LogP contribution is -2.49. The van der Waals surface area contributed by atoms with Crippen LogP contribution in [0.1, 0.15) is 26.7 Å². The van der Waals surface area contributed by atoms with Crippen molar-refractivity contribution < 1.29 is 4.79 Å². The molecule has 1 aliphatic heterocycles. The summed E-state index contributed by atoms with van der Waals surface area (Å²) >= 11 is 3.38. The van der Waals surface area contributed by atoms with Gasteiger partial charge in [-0.05, 0) is 32.8 Å². The van der Waals surface area contributed by atoms with Crippen LogP contribution in [0.25, 0.3) is 0 Å². The second-order valence-electron chi connectivity index (χ2n) is 5.26. The standard InChI is InChI=1S/C13H19BrN4O/c1-13(2,14)11(19)17-10-4-8-18(9-5-10)12-15-6-3-7-16-12/h3,6-7,10H,4-5,8-9H2,1-2H3,(H,17,19). The fourth-order valence-electron chi connectivity index (χ4n) is 2.04. The summed E-state index contributed by atoms with van der Waals surface area (Å²) in [5, 5.41) is 3.08. The Labute approximate surface area is 121 Å². The summed E-state index contributed by atoms with van der Waals surface area (Å²) < 4.78 is -0.507. The van der Waals surface area contributed by atoms with Gasteiger partial charge < -0.3 is 10.2 Å². The van der Waals surface area contributed by atoms with E-state index >= 15 is 0 Å². The Bertz CT molecular complexity index is 424. The predicted octanol–water partition coefficient (Wildman–Crippen LogP) is 1.74. The molecule has 2 heterocycles. The molecule has 104 valence electrons. The largest absolute Gasteiger partial charge is 0.352 e. The van der Waals surface area contributed by atoms with Crippen molar-refractivity contribution in [3.05, 3.63) is 18.5 Å². The normalized spacial score (nSPS) is 17.3. The lowest BCUT2D eigenvalue weighted by Gasteiger charge is -2.33. The van der Waals surface area contributed by atoms with E-state index in [1.165, 1.54) is 0 Å². The molecule has 1 saturated heterocycles. The maximum Gasteiger partial charge on any atom is 0.236 e. The molecular weight excluding hydrogens is 308 g/mol. The number of carbonyl (C=O) groups is 1. The van der Waals surface area contributed by atoms with Gasteiger partial charge in [0.25, 0.3) is 0 Å². The molecule has 0 bridgehead atoms.